The van der Waals surface area contributed by atoms with E-state index in [1.54, 1.807) is 0 Å². The molecular formula is C16H26BrNOSi. The summed E-state index contributed by atoms with van der Waals surface area (Å²) < 4.78 is 7.07. The number of nitrogens with zero attached hydrogens (tertiary/aromatic N) is 1. The molecule has 0 N–H and O–H groups in total. The lowest BCUT2D eigenvalue weighted by Crippen LogP contribution is -2.31. The van der Waals surface area contributed by atoms with E-state index in [-0.39, 0.29) is 5.41 Å². The zero-order valence-electron chi connectivity index (χ0n) is 13.3. The van der Waals surface area contributed by atoms with Crippen LogP contribution in [0.4, 0.5) is 5.69 Å². The lowest BCUT2D eigenvalue weighted by atomic mass is 9.87. The number of fused-ring (bicyclic) bond motifs is 1. The average Bonchev–Trinajstić information content (AvgIpc) is 2.55. The van der Waals surface area contributed by atoms with Crippen LogP contribution in [0.3, 0.4) is 0 Å². The molecule has 0 bridgehead atoms. The van der Waals surface area contributed by atoms with Crippen LogP contribution in [0.25, 0.3) is 0 Å². The number of halogens is 1. The number of hydrogen-bond acceptors (Lipinski definition) is 2. The van der Waals surface area contributed by atoms with E-state index in [2.05, 4.69) is 72.5 Å². The van der Waals surface area contributed by atoms with E-state index < -0.39 is 8.07 Å². The highest BCUT2D eigenvalue weighted by Crippen LogP contribution is 2.41. The van der Waals surface area contributed by atoms with Crippen LogP contribution in [0.2, 0.25) is 25.7 Å². The van der Waals surface area contributed by atoms with Crippen molar-refractivity contribution in [1.82, 2.24) is 0 Å². The summed E-state index contributed by atoms with van der Waals surface area (Å²) in [5.41, 5.74) is 2.95. The Morgan fingerprint density at radius 2 is 2.00 bits per heavy atom. The van der Waals surface area contributed by atoms with Crippen LogP contribution in [-0.4, -0.2) is 28.0 Å². The number of rotatable bonds is 5. The lowest BCUT2D eigenvalue weighted by Gasteiger charge is -2.23. The van der Waals surface area contributed by atoms with Crippen LogP contribution in [0, 0.1) is 0 Å². The predicted octanol–water partition coefficient (Wildman–Crippen LogP) is 4.86. The Morgan fingerprint density at radius 3 is 2.65 bits per heavy atom. The lowest BCUT2D eigenvalue weighted by molar-refractivity contribution is 0.146. The summed E-state index contributed by atoms with van der Waals surface area (Å²) in [6.07, 6.45) is 0. The van der Waals surface area contributed by atoms with Crippen LogP contribution in [0.15, 0.2) is 22.7 Å². The molecule has 0 aromatic heterocycles. The molecule has 0 amide bonds. The van der Waals surface area contributed by atoms with Crippen LogP contribution in [0.5, 0.6) is 0 Å². The third kappa shape index (κ3) is 3.86. The van der Waals surface area contributed by atoms with Gasteiger partial charge in [-0.1, -0.05) is 55.5 Å². The van der Waals surface area contributed by atoms with Gasteiger partial charge in [0.15, 0.2) is 0 Å². The molecule has 0 saturated carbocycles. The van der Waals surface area contributed by atoms with Gasteiger partial charge < -0.3 is 9.64 Å². The smallest absolute Gasteiger partial charge is 0.118 e. The molecule has 0 unspecified atom stereocenters. The van der Waals surface area contributed by atoms with Gasteiger partial charge in [0.05, 0.1) is 0 Å². The van der Waals surface area contributed by atoms with Crippen molar-refractivity contribution in [3.63, 3.8) is 0 Å². The van der Waals surface area contributed by atoms with Gasteiger partial charge in [0.2, 0.25) is 0 Å². The average molecular weight is 356 g/mol. The molecule has 4 heteroatoms. The maximum absolute atomic E-state index is 5.93. The van der Waals surface area contributed by atoms with Gasteiger partial charge in [-0.05, 0) is 23.7 Å². The molecule has 112 valence electrons. The van der Waals surface area contributed by atoms with Crippen molar-refractivity contribution in [1.29, 1.82) is 0 Å². The van der Waals surface area contributed by atoms with Gasteiger partial charge in [-0.25, -0.2) is 0 Å². The standard InChI is InChI=1S/C16H26BrNOSi/c1-16(2)11-18(12-19-8-9-20(3,4)5)15-10-13(17)6-7-14(15)16/h6-7,10H,8-9,11-12H2,1-5H3. The van der Waals surface area contributed by atoms with Crippen molar-refractivity contribution in [2.45, 2.75) is 44.9 Å². The first-order valence-electron chi connectivity index (χ1n) is 7.32. The molecule has 0 aliphatic carbocycles. The molecule has 2 nitrogen and oxygen atoms in total. The molecule has 20 heavy (non-hydrogen) atoms. The predicted molar refractivity (Wildman–Crippen MR) is 93.5 cm³/mol. The van der Waals surface area contributed by atoms with E-state index >= 15 is 0 Å². The van der Waals surface area contributed by atoms with E-state index in [9.17, 15) is 0 Å². The summed E-state index contributed by atoms with van der Waals surface area (Å²) >= 11 is 3.58. The highest BCUT2D eigenvalue weighted by atomic mass is 79.9. The molecule has 0 atom stereocenters. The number of benzene rings is 1. The van der Waals surface area contributed by atoms with E-state index in [0.29, 0.717) is 6.73 Å². The zero-order chi connectivity index (χ0) is 15.0. The van der Waals surface area contributed by atoms with Crippen molar-refractivity contribution >= 4 is 29.7 Å². The molecule has 0 radical (unpaired) electrons. The summed E-state index contributed by atoms with van der Waals surface area (Å²) in [4.78, 5) is 2.37. The van der Waals surface area contributed by atoms with Gasteiger partial charge in [-0.15, -0.1) is 0 Å². The maximum atomic E-state index is 5.93. The monoisotopic (exact) mass is 355 g/mol. The summed E-state index contributed by atoms with van der Waals surface area (Å²) in [7, 11) is -0.994. The van der Waals surface area contributed by atoms with E-state index in [4.69, 9.17) is 4.74 Å². The molecular weight excluding hydrogens is 330 g/mol. The molecule has 1 heterocycles. The quantitative estimate of drug-likeness (QED) is 0.552. The van der Waals surface area contributed by atoms with E-state index in [1.165, 1.54) is 17.3 Å². The normalized spacial score (nSPS) is 17.4. The molecule has 1 aliphatic heterocycles. The molecule has 1 aromatic carbocycles. The van der Waals surface area contributed by atoms with Gasteiger partial charge in [0.25, 0.3) is 0 Å². The summed E-state index contributed by atoms with van der Waals surface area (Å²) in [6.45, 7) is 14.4. The van der Waals surface area contributed by atoms with Crippen LogP contribution in [0.1, 0.15) is 19.4 Å². The minimum absolute atomic E-state index is 0.207. The maximum Gasteiger partial charge on any atom is 0.118 e. The largest absolute Gasteiger partial charge is 0.361 e. The number of hydrogen-bond donors (Lipinski definition) is 0. The Bertz CT molecular complexity index is 482. The molecule has 0 fully saturated rings. The Balaban J connectivity index is 2.00. The van der Waals surface area contributed by atoms with Gasteiger partial charge in [0.1, 0.15) is 6.73 Å². The summed E-state index contributed by atoms with van der Waals surface area (Å²) in [5.74, 6) is 0. The van der Waals surface area contributed by atoms with Crippen LogP contribution in [-0.2, 0) is 10.2 Å². The van der Waals surface area contributed by atoms with Crippen LogP contribution >= 0.6 is 15.9 Å². The SMILES string of the molecule is CC1(C)CN(COCC[Si](C)(C)C)c2cc(Br)ccc21. The molecule has 0 spiro atoms. The second-order valence-corrected chi connectivity index (χ2v) is 14.1. The molecule has 1 aromatic rings. The van der Waals surface area contributed by atoms with Crippen molar-refractivity contribution in [3.8, 4) is 0 Å². The Labute approximate surface area is 132 Å². The first kappa shape index (κ1) is 16.1. The minimum Gasteiger partial charge on any atom is -0.361 e. The first-order valence-corrected chi connectivity index (χ1v) is 11.8. The van der Waals surface area contributed by atoms with Gasteiger partial charge in [-0.2, -0.15) is 0 Å². The highest BCUT2D eigenvalue weighted by molar-refractivity contribution is 9.10. The Hall–Kier alpha value is -0.323. The van der Waals surface area contributed by atoms with Crippen molar-refractivity contribution in [3.05, 3.63) is 28.2 Å². The molecule has 0 saturated heterocycles. The summed E-state index contributed by atoms with van der Waals surface area (Å²) in [5, 5.41) is 0. The summed E-state index contributed by atoms with van der Waals surface area (Å²) in [6, 6.07) is 7.82. The van der Waals surface area contributed by atoms with Crippen molar-refractivity contribution in [2.75, 3.05) is 24.8 Å². The van der Waals surface area contributed by atoms with Crippen LogP contribution < -0.4 is 4.90 Å². The van der Waals surface area contributed by atoms with Crippen molar-refractivity contribution < 1.29 is 4.74 Å². The van der Waals surface area contributed by atoms with Crippen molar-refractivity contribution in [2.24, 2.45) is 0 Å². The Kier molecular flexibility index (Phi) is 4.67. The van der Waals surface area contributed by atoms with Gasteiger partial charge in [-0.3, -0.25) is 0 Å². The topological polar surface area (TPSA) is 12.5 Å². The fourth-order valence-electron chi connectivity index (χ4n) is 2.65. The fraction of sp³-hybridized carbons (Fsp3) is 0.625. The third-order valence-corrected chi connectivity index (χ3v) is 6.06. The van der Waals surface area contributed by atoms with E-state index in [0.717, 1.165) is 17.6 Å². The molecule has 2 rings (SSSR count). The highest BCUT2D eigenvalue weighted by Gasteiger charge is 2.34. The molecule has 1 aliphatic rings. The number of ether oxygens (including phenoxy) is 1. The van der Waals surface area contributed by atoms with E-state index in [1.807, 2.05) is 0 Å². The minimum atomic E-state index is -0.994. The van der Waals surface area contributed by atoms with Gasteiger partial charge >= 0.3 is 0 Å². The second kappa shape index (κ2) is 5.82. The first-order chi connectivity index (χ1) is 9.19. The number of anilines is 1. The Morgan fingerprint density at radius 1 is 1.30 bits per heavy atom. The fourth-order valence-corrected chi connectivity index (χ4v) is 3.76. The zero-order valence-corrected chi connectivity index (χ0v) is 15.9. The third-order valence-electron chi connectivity index (χ3n) is 3.86. The van der Waals surface area contributed by atoms with Gasteiger partial charge in [0, 0.05) is 36.8 Å². The second-order valence-electron chi connectivity index (χ2n) is 7.59.